The van der Waals surface area contributed by atoms with Gasteiger partial charge in [0.2, 0.25) is 0 Å². The molecule has 3 rings (SSSR count). The van der Waals surface area contributed by atoms with Crippen LogP contribution >= 0.6 is 0 Å². The highest BCUT2D eigenvalue weighted by Crippen LogP contribution is 2.26. The molecule has 2 aromatic rings. The second kappa shape index (κ2) is 8.83. The molecule has 0 heterocycles. The van der Waals surface area contributed by atoms with Crippen molar-refractivity contribution in [2.75, 3.05) is 18.9 Å². The predicted octanol–water partition coefficient (Wildman–Crippen LogP) is 1.38. The van der Waals surface area contributed by atoms with Crippen molar-refractivity contribution in [3.8, 4) is 0 Å². The minimum Gasteiger partial charge on any atom is -0.348 e. The van der Waals surface area contributed by atoms with E-state index in [1.54, 1.807) is 20.0 Å². The van der Waals surface area contributed by atoms with Crippen molar-refractivity contribution in [2.45, 2.75) is 31.8 Å². The quantitative estimate of drug-likeness (QED) is 0.462. The maximum absolute atomic E-state index is 13.1. The summed E-state index contributed by atoms with van der Waals surface area (Å²) < 4.78 is 0. The Hall–Kier alpha value is -3.26. The molecule has 8 nitrogen and oxygen atoms in total. The van der Waals surface area contributed by atoms with Crippen molar-refractivity contribution in [1.82, 2.24) is 5.32 Å². The van der Waals surface area contributed by atoms with Gasteiger partial charge in [0.1, 0.15) is 5.69 Å². The molecule has 2 atom stereocenters. The molecule has 1 unspecified atom stereocenters. The van der Waals surface area contributed by atoms with E-state index in [2.05, 4.69) is 10.6 Å². The van der Waals surface area contributed by atoms with Gasteiger partial charge in [-0.1, -0.05) is 36.4 Å². The van der Waals surface area contributed by atoms with E-state index in [9.17, 15) is 19.7 Å². The summed E-state index contributed by atoms with van der Waals surface area (Å²) in [6, 6.07) is 13.3. The van der Waals surface area contributed by atoms with Gasteiger partial charge in [-0.05, 0) is 31.4 Å². The largest absolute Gasteiger partial charge is 0.348 e. The molecule has 1 fully saturated rings. The highest BCUT2D eigenvalue weighted by atomic mass is 16.6. The number of nitro benzene ring substituents is 1. The number of nitrogens with one attached hydrogen (secondary N) is 3. The molecular formula is C21H25N4O4+. The third kappa shape index (κ3) is 5.39. The zero-order valence-electron chi connectivity index (χ0n) is 16.5. The van der Waals surface area contributed by atoms with Crippen LogP contribution < -0.4 is 15.5 Å². The Labute approximate surface area is 169 Å². The molecule has 2 aromatic carbocycles. The normalized spacial score (nSPS) is 15.2. The van der Waals surface area contributed by atoms with Crippen LogP contribution in [0, 0.1) is 17.0 Å². The molecule has 3 N–H and O–H groups in total. The molecule has 1 aliphatic rings. The summed E-state index contributed by atoms with van der Waals surface area (Å²) in [7, 11) is 1.77. The number of rotatable bonds is 8. The van der Waals surface area contributed by atoms with E-state index in [-0.39, 0.29) is 29.9 Å². The number of anilines is 1. The Morgan fingerprint density at radius 1 is 1.21 bits per heavy atom. The number of amides is 2. The fourth-order valence-electron chi connectivity index (χ4n) is 3.27. The first-order valence-electron chi connectivity index (χ1n) is 9.57. The molecule has 152 valence electrons. The van der Waals surface area contributed by atoms with Gasteiger partial charge in [-0.3, -0.25) is 19.7 Å². The van der Waals surface area contributed by atoms with Crippen molar-refractivity contribution < 1.29 is 19.4 Å². The fraction of sp³-hybridized carbons (Fsp3) is 0.333. The highest BCUT2D eigenvalue weighted by molar-refractivity contribution is 5.96. The van der Waals surface area contributed by atoms with E-state index in [1.807, 2.05) is 30.3 Å². The number of quaternary nitrogens is 1. The number of nitro groups is 1. The van der Waals surface area contributed by atoms with E-state index in [0.29, 0.717) is 4.90 Å². The Bertz CT molecular complexity index is 912. The average molecular weight is 397 g/mol. The van der Waals surface area contributed by atoms with Gasteiger partial charge >= 0.3 is 0 Å². The molecule has 8 heteroatoms. The first-order chi connectivity index (χ1) is 13.8. The molecule has 0 aromatic heterocycles. The van der Waals surface area contributed by atoms with Gasteiger partial charge in [-0.2, -0.15) is 0 Å². The standard InChI is InChI=1S/C21H24N4O4/c1-14-8-11-17(18(12-14)25(28)29)23-21(27)20(15-6-4-3-5-7-15)24(2)13-19(26)22-16-9-10-16/h3-8,11-12,16,20H,9-10,13H2,1-2H3,(H,22,26)(H,23,27)/p+1/t20-/m1/s1. The number of hydrogen-bond donors (Lipinski definition) is 3. The summed E-state index contributed by atoms with van der Waals surface area (Å²) in [5, 5.41) is 17.0. The Kier molecular flexibility index (Phi) is 6.23. The lowest BCUT2D eigenvalue weighted by molar-refractivity contribution is -0.894. The monoisotopic (exact) mass is 397 g/mol. The number of benzene rings is 2. The van der Waals surface area contributed by atoms with Crippen molar-refractivity contribution in [1.29, 1.82) is 0 Å². The molecule has 0 saturated heterocycles. The van der Waals surface area contributed by atoms with Gasteiger partial charge in [-0.15, -0.1) is 0 Å². The maximum atomic E-state index is 13.1. The molecule has 29 heavy (non-hydrogen) atoms. The van der Waals surface area contributed by atoms with E-state index >= 15 is 0 Å². The third-order valence-electron chi connectivity index (χ3n) is 4.88. The van der Waals surface area contributed by atoms with Crippen LogP contribution in [-0.4, -0.2) is 36.4 Å². The summed E-state index contributed by atoms with van der Waals surface area (Å²) >= 11 is 0. The van der Waals surface area contributed by atoms with Crippen molar-refractivity contribution in [2.24, 2.45) is 0 Å². The maximum Gasteiger partial charge on any atom is 0.293 e. The number of nitrogens with zero attached hydrogens (tertiary/aromatic N) is 1. The average Bonchev–Trinajstić information content (AvgIpc) is 3.47. The van der Waals surface area contributed by atoms with E-state index in [4.69, 9.17) is 0 Å². The minimum absolute atomic E-state index is 0.111. The lowest BCUT2D eigenvalue weighted by Crippen LogP contribution is -3.11. The predicted molar refractivity (Wildman–Crippen MR) is 109 cm³/mol. The summed E-state index contributed by atoms with van der Waals surface area (Å²) in [5.74, 6) is -0.514. The number of aryl methyl sites for hydroxylation is 1. The summed E-state index contributed by atoms with van der Waals surface area (Å²) in [4.78, 5) is 36.9. The lowest BCUT2D eigenvalue weighted by atomic mass is 10.0. The smallest absolute Gasteiger partial charge is 0.293 e. The lowest BCUT2D eigenvalue weighted by Gasteiger charge is -2.24. The van der Waals surface area contributed by atoms with Crippen molar-refractivity contribution in [3.05, 3.63) is 69.8 Å². The van der Waals surface area contributed by atoms with Crippen molar-refractivity contribution in [3.63, 3.8) is 0 Å². The summed E-state index contributed by atoms with van der Waals surface area (Å²) in [5.41, 5.74) is 1.45. The van der Waals surface area contributed by atoms with Crippen LogP contribution in [0.3, 0.4) is 0 Å². The van der Waals surface area contributed by atoms with Crippen LogP contribution in [0.1, 0.15) is 30.0 Å². The van der Waals surface area contributed by atoms with Crippen LogP contribution in [0.15, 0.2) is 48.5 Å². The number of likely N-dealkylation sites (N-methyl/N-ethyl adjacent to an activating group) is 1. The minimum atomic E-state index is -0.693. The van der Waals surface area contributed by atoms with E-state index in [0.717, 1.165) is 24.0 Å². The highest BCUT2D eigenvalue weighted by Gasteiger charge is 2.33. The first-order valence-corrected chi connectivity index (χ1v) is 9.57. The Morgan fingerprint density at radius 3 is 2.52 bits per heavy atom. The molecule has 2 amide bonds. The van der Waals surface area contributed by atoms with Gasteiger partial charge in [0.05, 0.1) is 12.0 Å². The molecule has 0 aliphatic heterocycles. The summed E-state index contributed by atoms with van der Waals surface area (Å²) in [6.07, 6.45) is 1.98. The molecule has 1 aliphatic carbocycles. The van der Waals surface area contributed by atoms with Gasteiger partial charge < -0.3 is 15.5 Å². The fourth-order valence-corrected chi connectivity index (χ4v) is 3.27. The first kappa shape index (κ1) is 20.5. The van der Waals surface area contributed by atoms with E-state index < -0.39 is 16.9 Å². The van der Waals surface area contributed by atoms with Crippen LogP contribution in [0.5, 0.6) is 0 Å². The molecule has 0 radical (unpaired) electrons. The zero-order valence-corrected chi connectivity index (χ0v) is 16.5. The Morgan fingerprint density at radius 2 is 1.90 bits per heavy atom. The molecule has 0 bridgehead atoms. The van der Waals surface area contributed by atoms with Crippen LogP contribution in [0.25, 0.3) is 0 Å². The number of hydrogen-bond acceptors (Lipinski definition) is 4. The van der Waals surface area contributed by atoms with E-state index in [1.165, 1.54) is 12.1 Å². The Balaban J connectivity index is 1.83. The van der Waals surface area contributed by atoms with Gasteiger partial charge in [0.25, 0.3) is 17.5 Å². The van der Waals surface area contributed by atoms with Crippen LogP contribution in [0.4, 0.5) is 11.4 Å². The van der Waals surface area contributed by atoms with Gasteiger partial charge in [0, 0.05) is 17.7 Å². The topological polar surface area (TPSA) is 106 Å². The second-order valence-corrected chi connectivity index (χ2v) is 7.48. The third-order valence-corrected chi connectivity index (χ3v) is 4.88. The second-order valence-electron chi connectivity index (χ2n) is 7.48. The van der Waals surface area contributed by atoms with Crippen LogP contribution in [-0.2, 0) is 9.59 Å². The zero-order chi connectivity index (χ0) is 21.0. The van der Waals surface area contributed by atoms with Crippen molar-refractivity contribution >= 4 is 23.2 Å². The van der Waals surface area contributed by atoms with Crippen LogP contribution in [0.2, 0.25) is 0 Å². The summed E-state index contributed by atoms with van der Waals surface area (Å²) in [6.45, 7) is 1.88. The van der Waals surface area contributed by atoms with Gasteiger partial charge in [0.15, 0.2) is 12.6 Å². The molecule has 0 spiro atoms. The SMILES string of the molecule is Cc1ccc(NC(=O)[C@@H](c2ccccc2)[NH+](C)CC(=O)NC2CC2)c([N+](=O)[O-])c1. The van der Waals surface area contributed by atoms with Gasteiger partial charge in [-0.25, -0.2) is 0 Å². The molecular weight excluding hydrogens is 372 g/mol. The number of carbonyl (C=O) groups is 2. The molecule has 1 saturated carbocycles. The number of carbonyl (C=O) groups excluding carboxylic acids is 2.